The van der Waals surface area contributed by atoms with Gasteiger partial charge in [0.15, 0.2) is 0 Å². The van der Waals surface area contributed by atoms with Crippen LogP contribution in [0.1, 0.15) is 27.4 Å². The number of amides is 2. The molecule has 0 aromatic heterocycles. The molecule has 48 heavy (non-hydrogen) atoms. The second kappa shape index (κ2) is 14.6. The van der Waals surface area contributed by atoms with E-state index in [1.165, 1.54) is 24.3 Å². The highest BCUT2D eigenvalue weighted by atomic mass is 32.2. The summed E-state index contributed by atoms with van der Waals surface area (Å²) in [4.78, 5) is 26.1. The number of nitrogens with one attached hydrogen (secondary N) is 2. The Morgan fingerprint density at radius 1 is 0.688 bits per heavy atom. The van der Waals surface area contributed by atoms with Crippen LogP contribution in [0.25, 0.3) is 22.3 Å². The van der Waals surface area contributed by atoms with Gasteiger partial charge in [0.05, 0.1) is 11.7 Å². The molecule has 1 atom stereocenters. The van der Waals surface area contributed by atoms with Crippen LogP contribution in [0.15, 0.2) is 109 Å². The summed E-state index contributed by atoms with van der Waals surface area (Å²) in [5, 5.41) is 5.27. The summed E-state index contributed by atoms with van der Waals surface area (Å²) < 4.78 is 86.2. The summed E-state index contributed by atoms with van der Waals surface area (Å²) in [7, 11) is -4.23. The molecule has 5 aromatic rings. The first kappa shape index (κ1) is 34.0. The van der Waals surface area contributed by atoms with Gasteiger partial charge in [-0.2, -0.15) is 8.42 Å². The number of hydrogen-bond acceptors (Lipinski definition) is 4. The zero-order chi connectivity index (χ0) is 34.4. The van der Waals surface area contributed by atoms with Crippen LogP contribution < -0.4 is 10.6 Å². The number of benzene rings is 5. The largest absolute Gasteiger partial charge is 0.351 e. The number of halogens is 4. The Morgan fingerprint density at radius 2 is 1.21 bits per heavy atom. The van der Waals surface area contributed by atoms with Crippen molar-refractivity contribution in [2.45, 2.75) is 12.3 Å². The SMILES string of the molecule is O=C(NCCS(=O)(=O)O)c1ccc(CC(C(=O)Nc2ccc(-c3ccc(F)cc3F)cc2)c2ccc(-c3ccc(F)cc3F)cc2)cc1. The van der Waals surface area contributed by atoms with Crippen molar-refractivity contribution in [3.05, 3.63) is 149 Å². The molecule has 12 heteroatoms. The Hall–Kier alpha value is -5.33. The molecule has 0 aliphatic heterocycles. The molecule has 0 aliphatic rings. The Bertz CT molecular complexity index is 2050. The van der Waals surface area contributed by atoms with Crippen molar-refractivity contribution in [1.29, 1.82) is 0 Å². The molecule has 3 N–H and O–H groups in total. The van der Waals surface area contributed by atoms with E-state index in [0.29, 0.717) is 27.9 Å². The maximum absolute atomic E-state index is 14.4. The van der Waals surface area contributed by atoms with Crippen LogP contribution in [-0.4, -0.2) is 37.1 Å². The van der Waals surface area contributed by atoms with E-state index in [9.17, 15) is 35.6 Å². The zero-order valence-corrected chi connectivity index (χ0v) is 25.9. The molecule has 5 rings (SSSR count). The first-order valence-electron chi connectivity index (χ1n) is 14.6. The molecule has 0 heterocycles. The minimum absolute atomic E-state index is 0.180. The molecular weight excluding hydrogens is 648 g/mol. The van der Waals surface area contributed by atoms with Crippen LogP contribution in [0.4, 0.5) is 23.2 Å². The van der Waals surface area contributed by atoms with Crippen molar-refractivity contribution >= 4 is 27.6 Å². The number of hydrogen-bond donors (Lipinski definition) is 3. The lowest BCUT2D eigenvalue weighted by Gasteiger charge is -2.19. The van der Waals surface area contributed by atoms with Crippen molar-refractivity contribution in [2.75, 3.05) is 17.6 Å². The second-order valence-electron chi connectivity index (χ2n) is 10.9. The molecule has 1 unspecified atom stereocenters. The Kier molecular flexibility index (Phi) is 10.4. The highest BCUT2D eigenvalue weighted by Gasteiger charge is 2.23. The van der Waals surface area contributed by atoms with E-state index < -0.39 is 56.9 Å². The van der Waals surface area contributed by atoms with Crippen molar-refractivity contribution in [3.8, 4) is 22.3 Å². The summed E-state index contributed by atoms with van der Waals surface area (Å²) in [6.07, 6.45) is 0.180. The number of rotatable bonds is 11. The van der Waals surface area contributed by atoms with Gasteiger partial charge in [0, 0.05) is 41.1 Å². The van der Waals surface area contributed by atoms with E-state index >= 15 is 0 Å². The monoisotopic (exact) mass is 676 g/mol. The van der Waals surface area contributed by atoms with Gasteiger partial charge >= 0.3 is 0 Å². The third-order valence-corrected chi connectivity index (χ3v) is 8.29. The fraction of sp³-hybridized carbons (Fsp3) is 0.111. The lowest BCUT2D eigenvalue weighted by Crippen LogP contribution is -2.28. The maximum Gasteiger partial charge on any atom is 0.266 e. The van der Waals surface area contributed by atoms with Crippen molar-refractivity contribution in [2.24, 2.45) is 0 Å². The van der Waals surface area contributed by atoms with Crippen LogP contribution in [0.3, 0.4) is 0 Å². The molecule has 0 bridgehead atoms. The number of anilines is 1. The first-order chi connectivity index (χ1) is 22.9. The van der Waals surface area contributed by atoms with Crippen LogP contribution in [-0.2, 0) is 21.3 Å². The fourth-order valence-corrected chi connectivity index (χ4v) is 5.45. The third-order valence-electron chi connectivity index (χ3n) is 7.57. The summed E-state index contributed by atoms with van der Waals surface area (Å²) >= 11 is 0. The highest BCUT2D eigenvalue weighted by molar-refractivity contribution is 7.85. The van der Waals surface area contributed by atoms with Gasteiger partial charge < -0.3 is 10.6 Å². The molecule has 0 spiro atoms. The van der Waals surface area contributed by atoms with E-state index in [1.54, 1.807) is 60.7 Å². The molecule has 0 aliphatic carbocycles. The van der Waals surface area contributed by atoms with Gasteiger partial charge in [-0.25, -0.2) is 17.6 Å². The molecule has 7 nitrogen and oxygen atoms in total. The van der Waals surface area contributed by atoms with E-state index in [1.807, 2.05) is 0 Å². The lowest BCUT2D eigenvalue weighted by atomic mass is 9.89. The zero-order valence-electron chi connectivity index (χ0n) is 25.1. The molecule has 2 amide bonds. The lowest BCUT2D eigenvalue weighted by molar-refractivity contribution is -0.117. The predicted molar refractivity (Wildman–Crippen MR) is 174 cm³/mol. The fourth-order valence-electron chi connectivity index (χ4n) is 5.09. The number of carbonyl (C=O) groups is 2. The highest BCUT2D eigenvalue weighted by Crippen LogP contribution is 2.30. The average Bonchev–Trinajstić information content (AvgIpc) is 3.04. The van der Waals surface area contributed by atoms with Gasteiger partial charge in [0.2, 0.25) is 5.91 Å². The molecule has 5 aromatic carbocycles. The maximum atomic E-state index is 14.4. The molecular formula is C36H28F4N2O5S. The molecule has 0 fully saturated rings. The average molecular weight is 677 g/mol. The number of carbonyl (C=O) groups excluding carboxylic acids is 2. The first-order valence-corrected chi connectivity index (χ1v) is 16.2. The van der Waals surface area contributed by atoms with Gasteiger partial charge in [0.25, 0.3) is 16.0 Å². The standard InChI is InChI=1S/C36H28F4N2O5S/c37-27-11-15-30(33(39)20-27)23-5-7-25(8-6-23)32(19-22-1-3-26(4-2-22)35(43)41-17-18-48(45,46)47)36(44)42-29-13-9-24(10-14-29)31-16-12-28(38)21-34(31)40/h1-16,20-21,32H,17-19H2,(H,41,43)(H,42,44)(H,45,46,47). The van der Waals surface area contributed by atoms with Gasteiger partial charge in [-0.15, -0.1) is 0 Å². The summed E-state index contributed by atoms with van der Waals surface area (Å²) in [6, 6.07) is 25.8. The Labute approximate surface area is 274 Å². The van der Waals surface area contributed by atoms with Crippen molar-refractivity contribution < 1.29 is 40.1 Å². The molecule has 0 radical (unpaired) electrons. The Morgan fingerprint density at radius 3 is 1.71 bits per heavy atom. The second-order valence-corrected chi connectivity index (χ2v) is 12.5. The van der Waals surface area contributed by atoms with Gasteiger partial charge in [-0.05, 0) is 77.2 Å². The van der Waals surface area contributed by atoms with Crippen LogP contribution in [0, 0.1) is 23.3 Å². The summed E-state index contributed by atoms with van der Waals surface area (Å²) in [6.45, 7) is -0.278. The van der Waals surface area contributed by atoms with Gasteiger partial charge in [-0.1, -0.05) is 48.5 Å². The summed E-state index contributed by atoms with van der Waals surface area (Å²) in [5.74, 6) is -5.22. The smallest absolute Gasteiger partial charge is 0.266 e. The minimum Gasteiger partial charge on any atom is -0.351 e. The van der Waals surface area contributed by atoms with Crippen molar-refractivity contribution in [1.82, 2.24) is 5.32 Å². The minimum atomic E-state index is -4.23. The van der Waals surface area contributed by atoms with Crippen LogP contribution >= 0.6 is 0 Å². The Balaban J connectivity index is 1.37. The van der Waals surface area contributed by atoms with Crippen LogP contribution in [0.2, 0.25) is 0 Å². The molecule has 246 valence electrons. The van der Waals surface area contributed by atoms with Gasteiger partial charge in [0.1, 0.15) is 23.3 Å². The molecule has 0 saturated carbocycles. The van der Waals surface area contributed by atoms with E-state index in [-0.39, 0.29) is 29.7 Å². The van der Waals surface area contributed by atoms with E-state index in [2.05, 4.69) is 10.6 Å². The van der Waals surface area contributed by atoms with E-state index in [0.717, 1.165) is 24.3 Å². The summed E-state index contributed by atoms with van der Waals surface area (Å²) in [5.41, 5.74) is 3.25. The molecule has 0 saturated heterocycles. The van der Waals surface area contributed by atoms with E-state index in [4.69, 9.17) is 4.55 Å². The quantitative estimate of drug-likeness (QED) is 0.102. The topological polar surface area (TPSA) is 113 Å². The van der Waals surface area contributed by atoms with Crippen LogP contribution in [0.5, 0.6) is 0 Å². The predicted octanol–water partition coefficient (Wildman–Crippen LogP) is 7.16. The van der Waals surface area contributed by atoms with Gasteiger partial charge in [-0.3, -0.25) is 14.1 Å². The van der Waals surface area contributed by atoms with Crippen molar-refractivity contribution in [3.63, 3.8) is 0 Å². The normalized spacial score (nSPS) is 11.9. The third kappa shape index (κ3) is 8.72.